The number of halogens is 5. The fourth-order valence-electron chi connectivity index (χ4n) is 11.3. The molecule has 0 radical (unpaired) electrons. The Bertz CT molecular complexity index is 2610. The molecule has 4 saturated heterocycles. The van der Waals surface area contributed by atoms with E-state index in [-0.39, 0.29) is 48.4 Å². The number of hydrogen-bond acceptors (Lipinski definition) is 9. The van der Waals surface area contributed by atoms with Gasteiger partial charge in [-0.25, -0.2) is 4.39 Å². The number of rotatable bonds is 12. The lowest BCUT2D eigenvalue weighted by Crippen LogP contribution is -2.61. The molecule has 0 bridgehead atoms. The summed E-state index contributed by atoms with van der Waals surface area (Å²) in [4.78, 5) is 59.0. The predicted molar refractivity (Wildman–Crippen MR) is 303 cm³/mol. The molecule has 2 saturated carbocycles. The first kappa shape index (κ1) is 59.6. The van der Waals surface area contributed by atoms with Gasteiger partial charge in [-0.1, -0.05) is 78.0 Å². The van der Waals surface area contributed by atoms with Crippen molar-refractivity contribution in [3.8, 4) is 0 Å². The topological polar surface area (TPSA) is 141 Å². The highest BCUT2D eigenvalue weighted by molar-refractivity contribution is 6.34. The van der Waals surface area contributed by atoms with Gasteiger partial charge in [0.1, 0.15) is 5.82 Å². The zero-order chi connectivity index (χ0) is 52.0. The average Bonchev–Trinajstić information content (AvgIpc) is 3.31. The van der Waals surface area contributed by atoms with Gasteiger partial charge in [-0.2, -0.15) is 0 Å². The van der Waals surface area contributed by atoms with E-state index in [0.717, 1.165) is 138 Å². The number of nitrogens with zero attached hydrogens (tertiary/aromatic N) is 5. The van der Waals surface area contributed by atoms with Crippen LogP contribution in [-0.4, -0.2) is 158 Å². The van der Waals surface area contributed by atoms with Crippen LogP contribution in [0.4, 0.5) is 15.8 Å². The molecule has 0 unspecified atom stereocenters. The monoisotopic (exact) mass is 1110 g/mol. The fourth-order valence-corrected chi connectivity index (χ4v) is 11.8. The number of anilines is 2. The van der Waals surface area contributed by atoms with Crippen LogP contribution in [-0.2, 0) is 20.4 Å². The maximum absolute atomic E-state index is 13.9. The zero-order valence-corrected chi connectivity index (χ0v) is 47.0. The number of likely N-dealkylation sites (tertiary alicyclic amines) is 3. The summed E-state index contributed by atoms with van der Waals surface area (Å²) in [5.41, 5.74) is 4.78. The van der Waals surface area contributed by atoms with Gasteiger partial charge in [0.2, 0.25) is 5.91 Å². The van der Waals surface area contributed by atoms with E-state index >= 15 is 0 Å². The summed E-state index contributed by atoms with van der Waals surface area (Å²) in [6.45, 7) is 9.84. The van der Waals surface area contributed by atoms with Crippen molar-refractivity contribution in [2.24, 2.45) is 0 Å². The van der Waals surface area contributed by atoms with E-state index in [4.69, 9.17) is 23.2 Å². The van der Waals surface area contributed by atoms with Crippen LogP contribution in [0.5, 0.6) is 0 Å². The molecule has 4 N–H and O–H groups in total. The molecule has 13 nitrogen and oxygen atoms in total. The molecule has 0 aromatic heterocycles. The van der Waals surface area contributed by atoms with Crippen LogP contribution in [0.25, 0.3) is 0 Å². The van der Waals surface area contributed by atoms with Crippen molar-refractivity contribution in [1.29, 1.82) is 0 Å². The van der Waals surface area contributed by atoms with Crippen molar-refractivity contribution in [2.75, 3.05) is 91.2 Å². The number of hydrogen-bond donors (Lipinski definition) is 4. The maximum Gasteiger partial charge on any atom is 0.314 e. The molecule has 75 heavy (non-hydrogen) atoms. The Kier molecular flexibility index (Phi) is 20.7. The molecule has 4 aliphatic heterocycles. The summed E-state index contributed by atoms with van der Waals surface area (Å²) in [5, 5.41) is 20.6. The van der Waals surface area contributed by atoms with Crippen molar-refractivity contribution in [1.82, 2.24) is 29.8 Å². The number of aryl methyl sites for hydroxylation is 1. The van der Waals surface area contributed by atoms with Crippen LogP contribution in [0.2, 0.25) is 10.0 Å². The van der Waals surface area contributed by atoms with Gasteiger partial charge in [-0.15, -0.1) is 24.8 Å². The third-order valence-corrected chi connectivity index (χ3v) is 16.7. The third-order valence-electron chi connectivity index (χ3n) is 16.0. The first-order chi connectivity index (χ1) is 35.0. The molecule has 0 spiro atoms. The number of carboxylic acid groups (broad SMARTS) is 1. The number of carbonyl (C=O) groups is 4. The molecule has 18 heteroatoms. The van der Waals surface area contributed by atoms with E-state index in [2.05, 4.69) is 25.8 Å². The van der Waals surface area contributed by atoms with Gasteiger partial charge < -0.3 is 35.8 Å². The number of piperidine rings is 2. The molecular weight excluding hydrogens is 1040 g/mol. The van der Waals surface area contributed by atoms with Crippen LogP contribution in [0.15, 0.2) is 84.9 Å². The Hall–Kier alpha value is -4.67. The quantitative estimate of drug-likeness (QED) is 0.108. The molecular formula is C57H75Cl4FN8O5. The highest BCUT2D eigenvalue weighted by atomic mass is 35.5. The van der Waals surface area contributed by atoms with Gasteiger partial charge in [0, 0.05) is 90.9 Å². The lowest BCUT2D eigenvalue weighted by atomic mass is 9.63. The number of nitrogens with one attached hydrogen (secondary N) is 3. The zero-order valence-electron chi connectivity index (χ0n) is 43.9. The number of carbonyl (C=O) groups excluding carboxylic acids is 3. The number of carboxylic acids is 1. The minimum Gasteiger partial charge on any atom is -0.481 e. The predicted octanol–water partition coefficient (Wildman–Crippen LogP) is 9.62. The van der Waals surface area contributed by atoms with E-state index in [9.17, 15) is 28.7 Å². The molecule has 4 heterocycles. The second-order valence-corrected chi connectivity index (χ2v) is 22.3. The normalized spacial score (nSPS) is 19.4. The Balaban J connectivity index is 0.000000200. The number of aliphatic carboxylic acids is 1. The van der Waals surface area contributed by atoms with Gasteiger partial charge in [0.15, 0.2) is 0 Å². The van der Waals surface area contributed by atoms with Crippen molar-refractivity contribution in [3.63, 3.8) is 0 Å². The van der Waals surface area contributed by atoms with Crippen LogP contribution in [0.1, 0.15) is 102 Å². The molecule has 2 aliphatic carbocycles. The molecule has 10 rings (SSSR count). The summed E-state index contributed by atoms with van der Waals surface area (Å²) in [6, 6.07) is 27.6. The second kappa shape index (κ2) is 26.1. The molecule has 4 aromatic carbocycles. The lowest BCUT2D eigenvalue weighted by molar-refractivity contribution is -0.147. The van der Waals surface area contributed by atoms with Crippen LogP contribution < -0.4 is 16.0 Å². The molecule has 0 atom stereocenters. The number of benzene rings is 4. The maximum atomic E-state index is 13.9. The summed E-state index contributed by atoms with van der Waals surface area (Å²) in [6.07, 6.45) is 9.65. The van der Waals surface area contributed by atoms with Gasteiger partial charge >= 0.3 is 5.97 Å². The average molecular weight is 1110 g/mol. The highest BCUT2D eigenvalue weighted by Crippen LogP contribution is 2.46. The van der Waals surface area contributed by atoms with E-state index in [0.29, 0.717) is 39.3 Å². The van der Waals surface area contributed by atoms with Gasteiger partial charge in [-0.3, -0.25) is 29.0 Å². The van der Waals surface area contributed by atoms with Crippen LogP contribution >= 0.6 is 48.0 Å². The lowest BCUT2D eigenvalue weighted by Gasteiger charge is -2.49. The standard InChI is InChI=1S/C28H34ClFN4O2.C17H25ClN4O.C12H14O2.2ClH/c1-32(2)26(35)24-8-7-21(16-25(24)29)31-22-17-34(18-22)23-9-13-33(14-10-23)27(36)28(11-4-12-28)19-5-3-6-20(30)15-19;1-21(2)17(23)15-4-3-12(9-16(15)18)20-13-10-22(11-13)14-5-7-19-8-6-14;1-9-4-2-5-10(8-9)12(11(13)14)6-3-7-12;;/h3,5-8,15-16,22-23,31H,4,9-14,17-18H2,1-2H3;3-4,9,13-14,19-20H,5-8,10-11H2,1-2H3;2,4-5,8H,3,6-7H2,1H3,(H,13,14);2*1H. The second-order valence-electron chi connectivity index (χ2n) is 21.4. The largest absolute Gasteiger partial charge is 0.481 e. The van der Waals surface area contributed by atoms with Crippen LogP contribution in [0.3, 0.4) is 0 Å². The van der Waals surface area contributed by atoms with Gasteiger partial charge in [-0.05, 0) is 131 Å². The third kappa shape index (κ3) is 13.7. The van der Waals surface area contributed by atoms with E-state index in [1.807, 2.05) is 66.4 Å². The molecule has 3 amide bonds. The molecule has 4 aromatic rings. The fraction of sp³-hybridized carbons (Fsp3) is 0.509. The summed E-state index contributed by atoms with van der Waals surface area (Å²) >= 11 is 12.6. The molecule has 408 valence electrons. The Morgan fingerprint density at radius 2 is 1.09 bits per heavy atom. The first-order valence-corrected chi connectivity index (χ1v) is 26.8. The van der Waals surface area contributed by atoms with E-state index in [1.165, 1.54) is 34.8 Å². The van der Waals surface area contributed by atoms with Crippen molar-refractivity contribution < 1.29 is 28.7 Å². The minimum atomic E-state index is -0.672. The summed E-state index contributed by atoms with van der Waals surface area (Å²) < 4.78 is 13.9. The van der Waals surface area contributed by atoms with Crippen molar-refractivity contribution >= 4 is 83.1 Å². The van der Waals surface area contributed by atoms with Crippen LogP contribution in [0, 0.1) is 12.7 Å². The van der Waals surface area contributed by atoms with Gasteiger partial charge in [0.25, 0.3) is 11.8 Å². The van der Waals surface area contributed by atoms with E-state index in [1.54, 1.807) is 46.4 Å². The Morgan fingerprint density at radius 3 is 1.49 bits per heavy atom. The number of amides is 3. The SMILES string of the molecule is CN(C)C(=O)c1ccc(NC2CN(C3CCN(C(=O)C4(c5cccc(F)c5)CCC4)CC3)C2)cc1Cl.CN(C)C(=O)c1ccc(NC2CN(C3CCNCC3)C2)cc1Cl.Cc1cccc(C2(C(=O)O)CCC2)c1.Cl.Cl. The van der Waals surface area contributed by atoms with Crippen molar-refractivity contribution in [3.05, 3.63) is 129 Å². The Labute approximate surface area is 465 Å². The van der Waals surface area contributed by atoms with E-state index < -0.39 is 16.8 Å². The minimum absolute atomic E-state index is 0. The van der Waals surface area contributed by atoms with Crippen molar-refractivity contribution in [2.45, 2.75) is 106 Å². The molecule has 6 aliphatic rings. The highest BCUT2D eigenvalue weighted by Gasteiger charge is 2.49. The van der Waals surface area contributed by atoms with Gasteiger partial charge in [0.05, 0.1) is 44.1 Å². The smallest absolute Gasteiger partial charge is 0.314 e. The first-order valence-electron chi connectivity index (χ1n) is 26.1. The summed E-state index contributed by atoms with van der Waals surface area (Å²) in [5.74, 6) is -0.942. The molecule has 6 fully saturated rings. The summed E-state index contributed by atoms with van der Waals surface area (Å²) in [7, 11) is 6.89. The Morgan fingerprint density at radius 1 is 0.640 bits per heavy atom.